The van der Waals surface area contributed by atoms with Gasteiger partial charge >= 0.3 is 0 Å². The van der Waals surface area contributed by atoms with Gasteiger partial charge in [-0.2, -0.15) is 0 Å². The Labute approximate surface area is 125 Å². The summed E-state index contributed by atoms with van der Waals surface area (Å²) in [5, 5.41) is 3.01. The highest BCUT2D eigenvalue weighted by Gasteiger charge is 2.23. The third-order valence-corrected chi connectivity index (χ3v) is 5.24. The minimum Gasteiger partial charge on any atom is -0.309 e. The molecule has 0 spiro atoms. The fourth-order valence-electron chi connectivity index (χ4n) is 2.87. The Bertz CT molecular complexity index is 642. The van der Waals surface area contributed by atoms with Crippen LogP contribution in [0.1, 0.15) is 39.8 Å². The van der Waals surface area contributed by atoms with Crippen LogP contribution < -0.4 is 5.32 Å². The summed E-state index contributed by atoms with van der Waals surface area (Å²) in [6.07, 6.45) is 4.45. The van der Waals surface area contributed by atoms with E-state index in [1.807, 2.05) is 0 Å². The smallest absolute Gasteiger partial charge is 0.161 e. The van der Waals surface area contributed by atoms with Gasteiger partial charge in [0.05, 0.1) is 6.04 Å². The molecule has 1 aromatic heterocycles. The number of benzene rings is 1. The second-order valence-electron chi connectivity index (χ2n) is 5.31. The first-order chi connectivity index (χ1) is 10.1. The van der Waals surface area contributed by atoms with Crippen LogP contribution in [0.2, 0.25) is 0 Å². The molecule has 1 atom stereocenters. The van der Waals surface area contributed by atoms with Gasteiger partial charge in [-0.3, -0.25) is 0 Å². The summed E-state index contributed by atoms with van der Waals surface area (Å²) in [4.78, 5) is 2.29. The first-order valence-corrected chi connectivity index (χ1v) is 7.85. The molecule has 2 aromatic rings. The highest BCUT2D eigenvalue weighted by atomic mass is 32.1. The van der Waals surface area contributed by atoms with Crippen molar-refractivity contribution in [2.24, 2.45) is 0 Å². The second kappa shape index (κ2) is 5.81. The molecule has 1 aliphatic carbocycles. The van der Waals surface area contributed by atoms with Crippen molar-refractivity contribution in [3.05, 3.63) is 56.5 Å². The number of halogens is 3. The summed E-state index contributed by atoms with van der Waals surface area (Å²) in [5.41, 5.74) is 1.46. The molecule has 0 bridgehead atoms. The van der Waals surface area contributed by atoms with Crippen LogP contribution in [0.25, 0.3) is 0 Å². The Kier molecular flexibility index (Phi) is 4.04. The standard InChI is InChI=1S/C16H16F3NS/c1-20-16(10-7-12(18)13(19)8-11(10)17)15-6-9-4-2-3-5-14(9)21-15/h6-8,16,20H,2-5H2,1H3. The molecular weight excluding hydrogens is 295 g/mol. The van der Waals surface area contributed by atoms with E-state index in [9.17, 15) is 13.2 Å². The van der Waals surface area contributed by atoms with Crippen LogP contribution in [0.15, 0.2) is 18.2 Å². The molecule has 112 valence electrons. The van der Waals surface area contributed by atoms with E-state index in [0.29, 0.717) is 6.07 Å². The van der Waals surface area contributed by atoms with Gasteiger partial charge in [-0.25, -0.2) is 13.2 Å². The molecule has 3 rings (SSSR count). The normalized spacial score (nSPS) is 15.8. The fourth-order valence-corrected chi connectivity index (χ4v) is 4.25. The van der Waals surface area contributed by atoms with Gasteiger partial charge in [-0.05, 0) is 50.4 Å². The van der Waals surface area contributed by atoms with Crippen LogP contribution in [0.5, 0.6) is 0 Å². The minimum absolute atomic E-state index is 0.148. The predicted molar refractivity (Wildman–Crippen MR) is 78.2 cm³/mol. The number of hydrogen-bond donors (Lipinski definition) is 1. The number of nitrogens with one attached hydrogen (secondary N) is 1. The lowest BCUT2D eigenvalue weighted by Crippen LogP contribution is -2.18. The highest BCUT2D eigenvalue weighted by molar-refractivity contribution is 7.12. The van der Waals surface area contributed by atoms with Gasteiger partial charge in [0.1, 0.15) is 5.82 Å². The zero-order valence-corrected chi connectivity index (χ0v) is 12.5. The molecule has 0 amide bonds. The lowest BCUT2D eigenvalue weighted by Gasteiger charge is -2.16. The lowest BCUT2D eigenvalue weighted by molar-refractivity contribution is 0.484. The average molecular weight is 311 g/mol. The van der Waals surface area contributed by atoms with Crippen LogP contribution in [0.3, 0.4) is 0 Å². The highest BCUT2D eigenvalue weighted by Crippen LogP contribution is 2.36. The third kappa shape index (κ3) is 2.72. The summed E-state index contributed by atoms with van der Waals surface area (Å²) >= 11 is 1.64. The Balaban J connectivity index is 2.02. The first kappa shape index (κ1) is 14.6. The van der Waals surface area contributed by atoms with Crippen molar-refractivity contribution in [3.8, 4) is 0 Å². The molecule has 1 aromatic carbocycles. The van der Waals surface area contributed by atoms with Crippen molar-refractivity contribution in [1.82, 2.24) is 5.32 Å². The van der Waals surface area contributed by atoms with Gasteiger partial charge in [-0.1, -0.05) is 0 Å². The zero-order chi connectivity index (χ0) is 15.0. The van der Waals surface area contributed by atoms with Gasteiger partial charge in [0, 0.05) is 21.4 Å². The topological polar surface area (TPSA) is 12.0 Å². The molecule has 0 fully saturated rings. The molecule has 0 radical (unpaired) electrons. The number of aryl methyl sites for hydroxylation is 2. The summed E-state index contributed by atoms with van der Waals surface area (Å²) in [6.45, 7) is 0. The van der Waals surface area contributed by atoms with E-state index < -0.39 is 23.5 Å². The lowest BCUT2D eigenvalue weighted by atomic mass is 9.97. The van der Waals surface area contributed by atoms with Crippen LogP contribution >= 0.6 is 11.3 Å². The summed E-state index contributed by atoms with van der Waals surface area (Å²) in [6, 6.07) is 3.18. The molecule has 0 aliphatic heterocycles. The number of hydrogen-bond acceptors (Lipinski definition) is 2. The van der Waals surface area contributed by atoms with E-state index in [-0.39, 0.29) is 5.56 Å². The molecule has 1 N–H and O–H groups in total. The molecule has 5 heteroatoms. The summed E-state index contributed by atoms with van der Waals surface area (Å²) < 4.78 is 40.5. The fraction of sp³-hybridized carbons (Fsp3) is 0.375. The minimum atomic E-state index is -1.16. The molecule has 1 unspecified atom stereocenters. The van der Waals surface area contributed by atoms with Gasteiger partial charge in [0.25, 0.3) is 0 Å². The van der Waals surface area contributed by atoms with E-state index in [0.717, 1.165) is 23.8 Å². The van der Waals surface area contributed by atoms with E-state index >= 15 is 0 Å². The maximum Gasteiger partial charge on any atom is 0.161 e. The van der Waals surface area contributed by atoms with Crippen molar-refractivity contribution < 1.29 is 13.2 Å². The van der Waals surface area contributed by atoms with Crippen molar-refractivity contribution in [1.29, 1.82) is 0 Å². The molecular formula is C16H16F3NS. The van der Waals surface area contributed by atoms with E-state index in [1.54, 1.807) is 18.4 Å². The number of rotatable bonds is 3. The average Bonchev–Trinajstić information content (AvgIpc) is 2.88. The Hall–Kier alpha value is -1.33. The molecule has 1 nitrogen and oxygen atoms in total. The van der Waals surface area contributed by atoms with Crippen molar-refractivity contribution in [2.75, 3.05) is 7.05 Å². The Morgan fingerprint density at radius 3 is 2.43 bits per heavy atom. The van der Waals surface area contributed by atoms with Crippen LogP contribution in [-0.4, -0.2) is 7.05 Å². The molecule has 21 heavy (non-hydrogen) atoms. The van der Waals surface area contributed by atoms with E-state index in [2.05, 4.69) is 11.4 Å². The van der Waals surface area contributed by atoms with Crippen LogP contribution in [0, 0.1) is 17.5 Å². The van der Waals surface area contributed by atoms with Crippen molar-refractivity contribution in [3.63, 3.8) is 0 Å². The molecule has 0 saturated carbocycles. The monoisotopic (exact) mass is 311 g/mol. The van der Waals surface area contributed by atoms with Gasteiger partial charge in [0.15, 0.2) is 11.6 Å². The number of thiophene rings is 1. The van der Waals surface area contributed by atoms with Gasteiger partial charge in [0.2, 0.25) is 0 Å². The quantitative estimate of drug-likeness (QED) is 0.831. The van der Waals surface area contributed by atoms with Crippen LogP contribution in [-0.2, 0) is 12.8 Å². The van der Waals surface area contributed by atoms with Gasteiger partial charge in [-0.15, -0.1) is 11.3 Å². The maximum atomic E-state index is 14.0. The Morgan fingerprint density at radius 2 is 1.71 bits per heavy atom. The van der Waals surface area contributed by atoms with Crippen molar-refractivity contribution in [2.45, 2.75) is 31.7 Å². The predicted octanol–water partition coefficient (Wildman–Crippen LogP) is 4.35. The van der Waals surface area contributed by atoms with E-state index in [1.165, 1.54) is 23.3 Å². The molecule has 0 saturated heterocycles. The SMILES string of the molecule is CNC(c1cc2c(s1)CCCC2)c1cc(F)c(F)cc1F. The second-order valence-corrected chi connectivity index (χ2v) is 6.48. The molecule has 1 aliphatic rings. The van der Waals surface area contributed by atoms with E-state index in [4.69, 9.17) is 0 Å². The molecule has 1 heterocycles. The summed E-state index contributed by atoms with van der Waals surface area (Å²) in [5.74, 6) is -2.90. The Morgan fingerprint density at radius 1 is 1.00 bits per heavy atom. The van der Waals surface area contributed by atoms with Crippen molar-refractivity contribution >= 4 is 11.3 Å². The third-order valence-electron chi connectivity index (χ3n) is 3.94. The first-order valence-electron chi connectivity index (χ1n) is 7.03. The summed E-state index contributed by atoms with van der Waals surface area (Å²) in [7, 11) is 1.70. The van der Waals surface area contributed by atoms with Gasteiger partial charge < -0.3 is 5.32 Å². The zero-order valence-electron chi connectivity index (χ0n) is 11.7. The maximum absolute atomic E-state index is 14.0. The van der Waals surface area contributed by atoms with Crippen LogP contribution in [0.4, 0.5) is 13.2 Å². The number of fused-ring (bicyclic) bond motifs is 1. The largest absolute Gasteiger partial charge is 0.309 e.